The van der Waals surface area contributed by atoms with E-state index in [4.69, 9.17) is 35.7 Å². The molecule has 2 aliphatic heterocycles. The van der Waals surface area contributed by atoms with E-state index in [9.17, 15) is 4.79 Å². The van der Waals surface area contributed by atoms with Gasteiger partial charge in [0.2, 0.25) is 5.91 Å². The summed E-state index contributed by atoms with van der Waals surface area (Å²) in [5, 5.41) is 0.387. The summed E-state index contributed by atoms with van der Waals surface area (Å²) in [6.45, 7) is 19.5. The van der Waals surface area contributed by atoms with Gasteiger partial charge in [-0.2, -0.15) is 0 Å². The quantitative estimate of drug-likeness (QED) is 0.269. The van der Waals surface area contributed by atoms with E-state index in [0.717, 1.165) is 36.8 Å². The van der Waals surface area contributed by atoms with Crippen LogP contribution < -0.4 is 4.90 Å². The second kappa shape index (κ2) is 9.68. The van der Waals surface area contributed by atoms with Crippen LogP contribution in [0.25, 0.3) is 5.57 Å². The molecule has 0 aromatic carbocycles. The Morgan fingerprint density at radius 2 is 1.70 bits per heavy atom. The van der Waals surface area contributed by atoms with Crippen molar-refractivity contribution in [3.05, 3.63) is 40.8 Å². The van der Waals surface area contributed by atoms with E-state index in [2.05, 4.69) is 58.8 Å². The number of ether oxygens (including phenoxy) is 1. The van der Waals surface area contributed by atoms with E-state index >= 15 is 0 Å². The topological polar surface area (TPSA) is 90.3 Å². The lowest BCUT2D eigenvalue weighted by Crippen LogP contribution is -2.40. The molecule has 0 saturated heterocycles. The summed E-state index contributed by atoms with van der Waals surface area (Å²) in [4.78, 5) is 34.8. The van der Waals surface area contributed by atoms with Crippen molar-refractivity contribution in [2.45, 2.75) is 122 Å². The number of anilines is 2. The van der Waals surface area contributed by atoms with Gasteiger partial charge in [0, 0.05) is 12.0 Å². The van der Waals surface area contributed by atoms with Crippen molar-refractivity contribution >= 4 is 42.9 Å². The van der Waals surface area contributed by atoms with Crippen LogP contribution in [-0.4, -0.2) is 45.4 Å². The molecule has 3 aliphatic rings. The van der Waals surface area contributed by atoms with Crippen molar-refractivity contribution in [3.8, 4) is 0 Å². The molecule has 2 aromatic heterocycles. The Labute approximate surface area is 244 Å². The zero-order chi connectivity index (χ0) is 29.3. The van der Waals surface area contributed by atoms with Crippen molar-refractivity contribution in [1.29, 1.82) is 0 Å². The molecule has 0 N–H and O–H groups in total. The number of carbonyl (C=O) groups is 1. The first-order valence-corrected chi connectivity index (χ1v) is 17.5. The average molecular weight is 584 g/mol. The molecule has 1 aliphatic carbocycles. The van der Waals surface area contributed by atoms with E-state index in [0.29, 0.717) is 34.7 Å². The first-order chi connectivity index (χ1) is 18.4. The molecule has 40 heavy (non-hydrogen) atoms. The van der Waals surface area contributed by atoms with Crippen LogP contribution in [0.3, 0.4) is 0 Å². The van der Waals surface area contributed by atoms with Crippen LogP contribution in [0.4, 0.5) is 11.5 Å². The van der Waals surface area contributed by atoms with Gasteiger partial charge in [-0.15, -0.1) is 0 Å². The molecule has 0 bridgehead atoms. The molecule has 1 saturated carbocycles. The Morgan fingerprint density at radius 1 is 1.07 bits per heavy atom. The fourth-order valence-corrected chi connectivity index (χ4v) is 7.40. The maximum Gasteiger partial charge on any atom is 0.243 e. The molecule has 10 heteroatoms. The smallest absolute Gasteiger partial charge is 0.243 e. The fraction of sp³-hybridized carbons (Fsp3) is 0.633. The first-order valence-electron chi connectivity index (χ1n) is 14.2. The number of aromatic nitrogens is 4. The van der Waals surface area contributed by atoms with Crippen molar-refractivity contribution < 1.29 is 14.0 Å². The van der Waals surface area contributed by atoms with Gasteiger partial charge in [-0.05, 0) is 70.3 Å². The minimum absolute atomic E-state index is 0.0254. The Bertz CT molecular complexity index is 1360. The Kier molecular flexibility index (Phi) is 7.09. The summed E-state index contributed by atoms with van der Waals surface area (Å²) in [6, 6.07) is 0. The molecule has 8 nitrogen and oxygen atoms in total. The van der Waals surface area contributed by atoms with Crippen LogP contribution >= 0.6 is 11.6 Å². The largest absolute Gasteiger partial charge is 0.409 e. The summed E-state index contributed by atoms with van der Waals surface area (Å²) in [5.41, 5.74) is 0.882. The van der Waals surface area contributed by atoms with Crippen LogP contribution in [0.1, 0.15) is 97.8 Å². The molecule has 0 atom stereocenters. The summed E-state index contributed by atoms with van der Waals surface area (Å²) in [7, 11) is -2.04. The molecule has 2 aromatic rings. The van der Waals surface area contributed by atoms with E-state index in [1.165, 1.54) is 0 Å². The number of carbonyl (C=O) groups excluding carboxylic acids is 1. The van der Waals surface area contributed by atoms with Crippen molar-refractivity contribution in [2.24, 2.45) is 0 Å². The Morgan fingerprint density at radius 3 is 2.27 bits per heavy atom. The molecule has 1 fully saturated rings. The number of amides is 1. The van der Waals surface area contributed by atoms with Gasteiger partial charge in [0.25, 0.3) is 0 Å². The lowest BCUT2D eigenvalue weighted by molar-refractivity contribution is -0.122. The van der Waals surface area contributed by atoms with E-state index in [1.807, 2.05) is 13.8 Å². The molecular formula is C30H42ClN5O3Si. The monoisotopic (exact) mass is 583 g/mol. The van der Waals surface area contributed by atoms with E-state index in [-0.39, 0.29) is 23.2 Å². The number of halogens is 1. The lowest BCUT2D eigenvalue weighted by Gasteiger charge is -2.39. The molecular weight excluding hydrogens is 542 g/mol. The highest BCUT2D eigenvalue weighted by molar-refractivity contribution is 6.74. The van der Waals surface area contributed by atoms with Crippen LogP contribution in [0.2, 0.25) is 23.3 Å². The maximum atomic E-state index is 14.1. The van der Waals surface area contributed by atoms with Crippen molar-refractivity contribution in [2.75, 3.05) is 4.90 Å². The second-order valence-electron chi connectivity index (χ2n) is 14.2. The highest BCUT2D eigenvalue weighted by Gasteiger charge is 2.55. The van der Waals surface area contributed by atoms with Gasteiger partial charge in [0.1, 0.15) is 11.0 Å². The van der Waals surface area contributed by atoms with E-state index in [1.54, 1.807) is 17.3 Å². The average Bonchev–Trinajstić information content (AvgIpc) is 3.39. The third-order valence-electron chi connectivity index (χ3n) is 8.88. The zero-order valence-corrected chi connectivity index (χ0v) is 27.1. The normalized spacial score (nSPS) is 21.6. The molecule has 216 valence electrons. The van der Waals surface area contributed by atoms with Crippen molar-refractivity contribution in [3.63, 3.8) is 0 Å². The van der Waals surface area contributed by atoms with Gasteiger partial charge in [-0.25, -0.2) is 19.9 Å². The van der Waals surface area contributed by atoms with Gasteiger partial charge in [-0.1, -0.05) is 45.2 Å². The third kappa shape index (κ3) is 5.14. The zero-order valence-electron chi connectivity index (χ0n) is 25.3. The predicted octanol–water partition coefficient (Wildman–Crippen LogP) is 7.29. The highest BCUT2D eigenvalue weighted by atomic mass is 35.5. The predicted molar refractivity (Wildman–Crippen MR) is 160 cm³/mol. The molecule has 0 unspecified atom stereocenters. The molecule has 4 heterocycles. The van der Waals surface area contributed by atoms with Gasteiger partial charge < -0.3 is 9.16 Å². The van der Waals surface area contributed by atoms with Crippen molar-refractivity contribution in [1.82, 2.24) is 19.9 Å². The van der Waals surface area contributed by atoms with E-state index < -0.39 is 19.3 Å². The van der Waals surface area contributed by atoms with Crippen LogP contribution in [-0.2, 0) is 26.0 Å². The Hall–Kier alpha value is -2.20. The summed E-state index contributed by atoms with van der Waals surface area (Å²) in [6.07, 6.45) is 9.60. The van der Waals surface area contributed by atoms with Gasteiger partial charge in [0.05, 0.1) is 41.3 Å². The maximum absolute atomic E-state index is 14.1. The molecule has 1 spiro atoms. The summed E-state index contributed by atoms with van der Waals surface area (Å²) in [5.74, 6) is 1.63. The summed E-state index contributed by atoms with van der Waals surface area (Å²) < 4.78 is 12.6. The molecule has 0 radical (unpaired) electrons. The molecule has 1 amide bonds. The number of fused-ring (bicyclic) bond motifs is 2. The first kappa shape index (κ1) is 29.3. The SMILES string of the molecule is CC1(C)C=C(c2ncc(N3C(=O)C4(CCCC4)c4c(Cl)nc(CO[Si](C)(C)C(C)(C)C)nc43)cn2)CC(C)(C)O1. The number of hydrogen-bond acceptors (Lipinski definition) is 7. The minimum Gasteiger partial charge on any atom is -0.409 e. The third-order valence-corrected chi connectivity index (χ3v) is 13.6. The van der Waals surface area contributed by atoms with Gasteiger partial charge >= 0.3 is 0 Å². The Balaban J connectivity index is 1.52. The van der Waals surface area contributed by atoms with Crippen LogP contribution in [0, 0.1) is 0 Å². The second-order valence-corrected chi connectivity index (χ2v) is 19.4. The molecule has 5 rings (SSSR count). The van der Waals surface area contributed by atoms with Gasteiger partial charge in [0.15, 0.2) is 20.0 Å². The number of hydrogen-bond donors (Lipinski definition) is 0. The fourth-order valence-electron chi connectivity index (χ4n) is 6.12. The highest BCUT2D eigenvalue weighted by Crippen LogP contribution is 2.54. The lowest BCUT2D eigenvalue weighted by atomic mass is 9.81. The minimum atomic E-state index is -2.04. The summed E-state index contributed by atoms with van der Waals surface area (Å²) >= 11 is 6.86. The van der Waals surface area contributed by atoms with Crippen LogP contribution in [0.15, 0.2) is 18.5 Å². The standard InChI is InChI=1S/C30H42ClN5O3Si/c1-27(2,3)40(8,9)38-18-21-34-23(31)22-25(35-21)36(26(37)30(22)12-10-11-13-30)20-16-32-24(33-17-20)19-14-28(4,5)39-29(6,7)15-19/h14,16-17H,10-13,15,18H2,1-9H3. The number of nitrogens with zero attached hydrogens (tertiary/aromatic N) is 5. The van der Waals surface area contributed by atoms with Crippen LogP contribution in [0.5, 0.6) is 0 Å². The number of rotatable bonds is 5. The van der Waals surface area contributed by atoms with Gasteiger partial charge in [-0.3, -0.25) is 9.69 Å².